The molecule has 0 bridgehead atoms. The number of hydrogen-bond acceptors (Lipinski definition) is 2. The number of carbonyl (C=O) groups excluding carboxylic acids is 1. The summed E-state index contributed by atoms with van der Waals surface area (Å²) in [6.07, 6.45) is 7.63. The maximum absolute atomic E-state index is 11.3. The molecule has 1 heterocycles. The van der Waals surface area contributed by atoms with Gasteiger partial charge in [0.2, 0.25) is 5.91 Å². The van der Waals surface area contributed by atoms with Crippen molar-refractivity contribution in [1.29, 1.82) is 0 Å². The molecule has 1 saturated heterocycles. The van der Waals surface area contributed by atoms with E-state index in [2.05, 4.69) is 47.5 Å². The second-order valence-electron chi connectivity index (χ2n) is 8.15. The zero-order chi connectivity index (χ0) is 19.1. The molecule has 3 N–H and O–H groups in total. The highest BCUT2D eigenvalue weighted by Crippen LogP contribution is 2.41. The Hall–Kier alpha value is -2.04. The van der Waals surface area contributed by atoms with Gasteiger partial charge in [-0.2, -0.15) is 0 Å². The Morgan fingerprint density at radius 1 is 1.26 bits per heavy atom. The summed E-state index contributed by atoms with van der Waals surface area (Å²) in [6.45, 7) is 5.67. The van der Waals surface area contributed by atoms with E-state index in [1.54, 1.807) is 0 Å². The Kier molecular flexibility index (Phi) is 6.75. The summed E-state index contributed by atoms with van der Waals surface area (Å²) in [7, 11) is 0. The second-order valence-corrected chi connectivity index (χ2v) is 8.15. The molecule has 2 aliphatic rings. The SMILES string of the molecule is CCNC(=NCC1(c2ccccc2)CCCC1)N1CCCC(CC(N)=O)C1. The summed E-state index contributed by atoms with van der Waals surface area (Å²) >= 11 is 0. The molecule has 5 heteroatoms. The number of benzene rings is 1. The second kappa shape index (κ2) is 9.25. The van der Waals surface area contributed by atoms with Gasteiger partial charge >= 0.3 is 0 Å². The number of guanidine groups is 1. The van der Waals surface area contributed by atoms with Gasteiger partial charge in [-0.05, 0) is 44.1 Å². The molecule has 2 fully saturated rings. The van der Waals surface area contributed by atoms with Crippen LogP contribution in [0.4, 0.5) is 0 Å². The van der Waals surface area contributed by atoms with Gasteiger partial charge in [0, 0.05) is 31.5 Å². The molecule has 0 aromatic heterocycles. The number of nitrogens with one attached hydrogen (secondary N) is 1. The number of nitrogens with zero attached hydrogens (tertiary/aromatic N) is 2. The molecule has 1 saturated carbocycles. The van der Waals surface area contributed by atoms with Gasteiger partial charge in [0.25, 0.3) is 0 Å². The Morgan fingerprint density at radius 2 is 2.00 bits per heavy atom. The number of rotatable bonds is 6. The third-order valence-electron chi connectivity index (χ3n) is 6.12. The van der Waals surface area contributed by atoms with E-state index in [4.69, 9.17) is 10.7 Å². The van der Waals surface area contributed by atoms with Crippen molar-refractivity contribution in [1.82, 2.24) is 10.2 Å². The third-order valence-corrected chi connectivity index (χ3v) is 6.12. The molecule has 148 valence electrons. The van der Waals surface area contributed by atoms with E-state index in [-0.39, 0.29) is 11.3 Å². The molecule has 1 aliphatic carbocycles. The molecule has 1 unspecified atom stereocenters. The lowest BCUT2D eigenvalue weighted by molar-refractivity contribution is -0.119. The Morgan fingerprint density at radius 3 is 2.67 bits per heavy atom. The van der Waals surface area contributed by atoms with Gasteiger partial charge in [0.1, 0.15) is 0 Å². The zero-order valence-corrected chi connectivity index (χ0v) is 16.6. The normalized spacial score (nSPS) is 22.6. The van der Waals surface area contributed by atoms with Crippen LogP contribution in [0.1, 0.15) is 57.4 Å². The first-order valence-corrected chi connectivity index (χ1v) is 10.5. The fourth-order valence-corrected chi connectivity index (χ4v) is 4.74. The summed E-state index contributed by atoms with van der Waals surface area (Å²) in [5.74, 6) is 1.14. The minimum atomic E-state index is -0.197. The van der Waals surface area contributed by atoms with Crippen molar-refractivity contribution in [2.75, 3.05) is 26.2 Å². The smallest absolute Gasteiger partial charge is 0.217 e. The van der Waals surface area contributed by atoms with Gasteiger partial charge in [-0.3, -0.25) is 9.79 Å². The van der Waals surface area contributed by atoms with E-state index >= 15 is 0 Å². The van der Waals surface area contributed by atoms with Crippen LogP contribution in [0.3, 0.4) is 0 Å². The number of hydrogen-bond donors (Lipinski definition) is 2. The maximum atomic E-state index is 11.3. The van der Waals surface area contributed by atoms with Crippen LogP contribution in [0.15, 0.2) is 35.3 Å². The summed E-state index contributed by atoms with van der Waals surface area (Å²) in [4.78, 5) is 18.8. The number of nitrogens with two attached hydrogens (primary N) is 1. The van der Waals surface area contributed by atoms with Crippen molar-refractivity contribution in [3.05, 3.63) is 35.9 Å². The number of likely N-dealkylation sites (tertiary alicyclic amines) is 1. The molecule has 1 aliphatic heterocycles. The van der Waals surface area contributed by atoms with E-state index in [1.807, 2.05) is 0 Å². The molecule has 5 nitrogen and oxygen atoms in total. The predicted octanol–water partition coefficient (Wildman–Crippen LogP) is 3.05. The lowest BCUT2D eigenvalue weighted by atomic mass is 9.79. The van der Waals surface area contributed by atoms with Crippen LogP contribution in [0.25, 0.3) is 0 Å². The molecule has 1 aromatic rings. The van der Waals surface area contributed by atoms with Crippen molar-refractivity contribution < 1.29 is 4.79 Å². The lowest BCUT2D eigenvalue weighted by Crippen LogP contribution is -2.47. The van der Waals surface area contributed by atoms with Crippen LogP contribution >= 0.6 is 0 Å². The Bertz CT molecular complexity index is 637. The average Bonchev–Trinajstić information content (AvgIpc) is 3.16. The van der Waals surface area contributed by atoms with Gasteiger partial charge in [-0.1, -0.05) is 43.2 Å². The van der Waals surface area contributed by atoms with Crippen molar-refractivity contribution in [3.8, 4) is 0 Å². The number of carbonyl (C=O) groups is 1. The first kappa shape index (κ1) is 19.7. The van der Waals surface area contributed by atoms with Crippen LogP contribution in [-0.2, 0) is 10.2 Å². The van der Waals surface area contributed by atoms with Gasteiger partial charge in [0.05, 0.1) is 6.54 Å². The first-order valence-electron chi connectivity index (χ1n) is 10.5. The van der Waals surface area contributed by atoms with E-state index in [0.29, 0.717) is 12.3 Å². The molecule has 27 heavy (non-hydrogen) atoms. The predicted molar refractivity (Wildman–Crippen MR) is 111 cm³/mol. The largest absolute Gasteiger partial charge is 0.370 e. The maximum Gasteiger partial charge on any atom is 0.217 e. The summed E-state index contributed by atoms with van der Waals surface area (Å²) < 4.78 is 0. The number of aliphatic imine (C=N–C) groups is 1. The topological polar surface area (TPSA) is 70.7 Å². The van der Waals surface area contributed by atoms with Crippen LogP contribution in [0, 0.1) is 5.92 Å². The van der Waals surface area contributed by atoms with Crippen LogP contribution in [-0.4, -0.2) is 42.9 Å². The van der Waals surface area contributed by atoms with Gasteiger partial charge in [0.15, 0.2) is 5.96 Å². The third kappa shape index (κ3) is 5.02. The van der Waals surface area contributed by atoms with E-state index < -0.39 is 0 Å². The molecule has 1 atom stereocenters. The molecule has 3 rings (SSSR count). The standard InChI is InChI=1S/C22H34N4O/c1-2-24-21(26-14-8-9-18(16-26)15-20(23)27)25-17-22(12-6-7-13-22)19-10-4-3-5-11-19/h3-5,10-11,18H,2,6-9,12-17H2,1H3,(H2,23,27)(H,24,25). The lowest BCUT2D eigenvalue weighted by Gasteiger charge is -2.35. The average molecular weight is 371 g/mol. The monoisotopic (exact) mass is 370 g/mol. The highest BCUT2D eigenvalue weighted by molar-refractivity contribution is 5.80. The fraction of sp³-hybridized carbons (Fsp3) is 0.636. The summed E-state index contributed by atoms with van der Waals surface area (Å²) in [5, 5.41) is 3.48. The fourth-order valence-electron chi connectivity index (χ4n) is 4.74. The van der Waals surface area contributed by atoms with Gasteiger partial charge < -0.3 is 16.0 Å². The molecular formula is C22H34N4O. The molecular weight excluding hydrogens is 336 g/mol. The highest BCUT2D eigenvalue weighted by atomic mass is 16.1. The first-order chi connectivity index (χ1) is 13.1. The van der Waals surface area contributed by atoms with Crippen LogP contribution < -0.4 is 11.1 Å². The Balaban J connectivity index is 1.75. The summed E-state index contributed by atoms with van der Waals surface area (Å²) in [5.41, 5.74) is 7.02. The van der Waals surface area contributed by atoms with Crippen LogP contribution in [0.5, 0.6) is 0 Å². The van der Waals surface area contributed by atoms with Crippen molar-refractivity contribution in [2.45, 2.75) is 57.3 Å². The quantitative estimate of drug-likeness (QED) is 0.597. The number of piperidine rings is 1. The highest BCUT2D eigenvalue weighted by Gasteiger charge is 2.35. The number of amides is 1. The Labute approximate surface area is 163 Å². The van der Waals surface area contributed by atoms with E-state index in [0.717, 1.165) is 45.0 Å². The minimum Gasteiger partial charge on any atom is -0.370 e. The van der Waals surface area contributed by atoms with Gasteiger partial charge in [-0.25, -0.2) is 0 Å². The molecule has 1 aromatic carbocycles. The summed E-state index contributed by atoms with van der Waals surface area (Å²) in [6, 6.07) is 10.9. The van der Waals surface area contributed by atoms with Crippen molar-refractivity contribution >= 4 is 11.9 Å². The molecule has 1 amide bonds. The number of primary amides is 1. The van der Waals surface area contributed by atoms with Crippen molar-refractivity contribution in [3.63, 3.8) is 0 Å². The van der Waals surface area contributed by atoms with Crippen molar-refractivity contribution in [2.24, 2.45) is 16.6 Å². The minimum absolute atomic E-state index is 0.171. The molecule has 0 radical (unpaired) electrons. The van der Waals surface area contributed by atoms with Crippen LogP contribution in [0.2, 0.25) is 0 Å². The van der Waals surface area contributed by atoms with E-state index in [9.17, 15) is 4.79 Å². The van der Waals surface area contributed by atoms with Gasteiger partial charge in [-0.15, -0.1) is 0 Å². The zero-order valence-electron chi connectivity index (χ0n) is 16.6. The van der Waals surface area contributed by atoms with E-state index in [1.165, 1.54) is 31.2 Å². The molecule has 0 spiro atoms.